The van der Waals surface area contributed by atoms with Gasteiger partial charge in [-0.2, -0.15) is 13.2 Å². The number of H-pyrrole nitrogens is 1. The largest absolute Gasteiger partial charge is 0.416 e. The molecule has 0 fully saturated rings. The van der Waals surface area contributed by atoms with Crippen molar-refractivity contribution in [1.29, 1.82) is 0 Å². The Kier molecular flexibility index (Phi) is 6.21. The molecule has 4 aromatic rings. The number of carbonyl (C=O) groups is 2. The first-order valence-electron chi connectivity index (χ1n) is 10.6. The van der Waals surface area contributed by atoms with Crippen LogP contribution in [0.2, 0.25) is 0 Å². The second-order valence-corrected chi connectivity index (χ2v) is 8.17. The monoisotopic (exact) mass is 481 g/mol. The fourth-order valence-electron chi connectivity index (χ4n) is 3.71. The Labute approximate surface area is 199 Å². The number of carbonyl (C=O) groups excluding carboxylic acids is 2. The highest BCUT2D eigenvalue weighted by atomic mass is 19.4. The van der Waals surface area contributed by atoms with E-state index in [-0.39, 0.29) is 5.56 Å². The third kappa shape index (κ3) is 4.96. The maximum atomic E-state index is 13.2. The average molecular weight is 481 g/mol. The summed E-state index contributed by atoms with van der Waals surface area (Å²) in [5.74, 6) is -1.09. The molecule has 2 aromatic carbocycles. The number of aromatic amines is 1. The molecule has 10 heteroatoms. The minimum Gasteiger partial charge on any atom is -0.376 e. The first-order chi connectivity index (χ1) is 16.5. The lowest BCUT2D eigenvalue weighted by Crippen LogP contribution is -2.20. The summed E-state index contributed by atoms with van der Waals surface area (Å²) in [6, 6.07) is 10.9. The van der Waals surface area contributed by atoms with Crippen molar-refractivity contribution in [3.8, 4) is 0 Å². The number of aryl methyl sites for hydroxylation is 1. The van der Waals surface area contributed by atoms with Crippen molar-refractivity contribution in [2.45, 2.75) is 13.1 Å². The van der Waals surface area contributed by atoms with Crippen LogP contribution in [0.1, 0.15) is 31.8 Å². The Morgan fingerprint density at radius 1 is 1.00 bits per heavy atom. The van der Waals surface area contributed by atoms with Crippen LogP contribution in [0.25, 0.3) is 11.0 Å². The molecule has 7 nitrogen and oxygen atoms in total. The van der Waals surface area contributed by atoms with Gasteiger partial charge in [-0.1, -0.05) is 12.1 Å². The maximum absolute atomic E-state index is 13.2. The van der Waals surface area contributed by atoms with E-state index in [1.54, 1.807) is 31.3 Å². The number of pyridine rings is 1. The number of benzene rings is 2. The van der Waals surface area contributed by atoms with Gasteiger partial charge in [-0.3, -0.25) is 9.59 Å². The van der Waals surface area contributed by atoms with Gasteiger partial charge >= 0.3 is 6.18 Å². The number of nitrogens with zero attached hydrogens (tertiary/aromatic N) is 2. The van der Waals surface area contributed by atoms with Gasteiger partial charge in [0.1, 0.15) is 5.65 Å². The lowest BCUT2D eigenvalue weighted by molar-refractivity contribution is -0.137. The summed E-state index contributed by atoms with van der Waals surface area (Å²) in [7, 11) is 3.65. The third-order valence-corrected chi connectivity index (χ3v) is 5.45. The summed E-state index contributed by atoms with van der Waals surface area (Å²) in [4.78, 5) is 34.9. The SMILES string of the molecule is Cc1ccc(NC(=O)c2cccc(C(F)(F)F)c2)cc1NC(=O)c1cnc2[nH]ccc2c1N(C)C. The first-order valence-corrected chi connectivity index (χ1v) is 10.6. The standard InChI is InChI=1S/C25H22F3N5O2/c1-14-7-8-17(31-23(34)15-5-4-6-16(11-15)25(26,27)28)12-20(14)32-24(35)19-13-30-22-18(9-10-29-22)21(19)33(2)3/h4-13H,1-3H3,(H,29,30)(H,31,34)(H,32,35). The van der Waals surface area contributed by atoms with Crippen molar-refractivity contribution < 1.29 is 22.8 Å². The summed E-state index contributed by atoms with van der Waals surface area (Å²) in [5.41, 5.74) is 2.16. The topological polar surface area (TPSA) is 90.1 Å². The van der Waals surface area contributed by atoms with E-state index >= 15 is 0 Å². The molecular weight excluding hydrogens is 459 g/mol. The highest BCUT2D eigenvalue weighted by Crippen LogP contribution is 2.31. The Hall–Kier alpha value is -4.34. The Morgan fingerprint density at radius 3 is 2.49 bits per heavy atom. The highest BCUT2D eigenvalue weighted by Gasteiger charge is 2.31. The smallest absolute Gasteiger partial charge is 0.376 e. The molecule has 0 aliphatic rings. The second kappa shape index (κ2) is 9.13. The van der Waals surface area contributed by atoms with Crippen LogP contribution in [0.5, 0.6) is 0 Å². The van der Waals surface area contributed by atoms with Crippen LogP contribution in [-0.4, -0.2) is 35.9 Å². The van der Waals surface area contributed by atoms with Gasteiger partial charge in [-0.15, -0.1) is 0 Å². The van der Waals surface area contributed by atoms with E-state index < -0.39 is 23.6 Å². The Bertz CT molecular complexity index is 1430. The molecule has 3 N–H and O–H groups in total. The fraction of sp³-hybridized carbons (Fsp3) is 0.160. The van der Waals surface area contributed by atoms with E-state index in [1.807, 2.05) is 25.1 Å². The zero-order valence-electron chi connectivity index (χ0n) is 19.1. The molecule has 0 atom stereocenters. The number of hydrogen-bond donors (Lipinski definition) is 3. The number of aromatic nitrogens is 2. The molecule has 180 valence electrons. The third-order valence-electron chi connectivity index (χ3n) is 5.45. The molecule has 0 spiro atoms. The van der Waals surface area contributed by atoms with Gasteiger partial charge in [-0.05, 0) is 48.9 Å². The van der Waals surface area contributed by atoms with E-state index in [9.17, 15) is 22.8 Å². The van der Waals surface area contributed by atoms with Gasteiger partial charge < -0.3 is 20.5 Å². The molecule has 4 rings (SSSR count). The quantitative estimate of drug-likeness (QED) is 0.353. The van der Waals surface area contributed by atoms with Crippen molar-refractivity contribution in [2.24, 2.45) is 0 Å². The van der Waals surface area contributed by atoms with Gasteiger partial charge in [0.25, 0.3) is 11.8 Å². The lowest BCUT2D eigenvalue weighted by atomic mass is 10.1. The zero-order chi connectivity index (χ0) is 25.3. The first kappa shape index (κ1) is 23.8. The molecule has 0 aliphatic heterocycles. The molecule has 35 heavy (non-hydrogen) atoms. The van der Waals surface area contributed by atoms with E-state index in [2.05, 4.69) is 20.6 Å². The summed E-state index contributed by atoms with van der Waals surface area (Å²) in [5, 5.41) is 6.22. The molecule has 2 amide bonds. The van der Waals surface area contributed by atoms with Crippen LogP contribution in [0.4, 0.5) is 30.2 Å². The van der Waals surface area contributed by atoms with Crippen molar-refractivity contribution in [3.63, 3.8) is 0 Å². The molecule has 0 aliphatic carbocycles. The number of alkyl halides is 3. The maximum Gasteiger partial charge on any atom is 0.416 e. The van der Waals surface area contributed by atoms with Crippen LogP contribution >= 0.6 is 0 Å². The number of halogens is 3. The zero-order valence-corrected chi connectivity index (χ0v) is 19.1. The molecule has 0 radical (unpaired) electrons. The van der Waals surface area contributed by atoms with Gasteiger partial charge in [0, 0.05) is 48.8 Å². The van der Waals surface area contributed by atoms with Gasteiger partial charge in [0.2, 0.25) is 0 Å². The van der Waals surface area contributed by atoms with Crippen molar-refractivity contribution in [1.82, 2.24) is 9.97 Å². The van der Waals surface area contributed by atoms with Gasteiger partial charge in [0.05, 0.1) is 16.8 Å². The van der Waals surface area contributed by atoms with Gasteiger partial charge in [0.15, 0.2) is 0 Å². The number of nitrogens with one attached hydrogen (secondary N) is 3. The molecule has 0 bridgehead atoms. The van der Waals surface area contributed by atoms with Crippen LogP contribution in [0.3, 0.4) is 0 Å². The Balaban J connectivity index is 1.58. The highest BCUT2D eigenvalue weighted by molar-refractivity contribution is 6.13. The number of anilines is 3. The van der Waals surface area contributed by atoms with Crippen molar-refractivity contribution in [3.05, 3.63) is 83.2 Å². The lowest BCUT2D eigenvalue weighted by Gasteiger charge is -2.19. The molecular formula is C25H22F3N5O2. The summed E-state index contributed by atoms with van der Waals surface area (Å²) < 4.78 is 38.9. The summed E-state index contributed by atoms with van der Waals surface area (Å²) >= 11 is 0. The normalized spacial score (nSPS) is 11.4. The molecule has 2 aromatic heterocycles. The van der Waals surface area contributed by atoms with E-state index in [0.29, 0.717) is 28.3 Å². The number of hydrogen-bond acceptors (Lipinski definition) is 4. The van der Waals surface area contributed by atoms with Crippen molar-refractivity contribution in [2.75, 3.05) is 29.6 Å². The van der Waals surface area contributed by atoms with Crippen LogP contribution in [-0.2, 0) is 6.18 Å². The van der Waals surface area contributed by atoms with E-state index in [4.69, 9.17) is 0 Å². The number of fused-ring (bicyclic) bond motifs is 1. The summed E-state index contributed by atoms with van der Waals surface area (Å²) in [6.07, 6.45) is -1.33. The average Bonchev–Trinajstić information content (AvgIpc) is 3.28. The molecule has 0 saturated carbocycles. The molecule has 0 unspecified atom stereocenters. The molecule has 2 heterocycles. The van der Waals surface area contributed by atoms with E-state index in [1.165, 1.54) is 18.3 Å². The fourth-order valence-corrected chi connectivity index (χ4v) is 3.71. The van der Waals surface area contributed by atoms with Crippen molar-refractivity contribution >= 4 is 39.9 Å². The minimum absolute atomic E-state index is 0.132. The van der Waals surface area contributed by atoms with Crippen LogP contribution < -0.4 is 15.5 Å². The number of rotatable bonds is 5. The minimum atomic E-state index is -4.55. The number of amides is 2. The van der Waals surface area contributed by atoms with Crippen LogP contribution in [0.15, 0.2) is 60.9 Å². The Morgan fingerprint density at radius 2 is 1.77 bits per heavy atom. The predicted octanol–water partition coefficient (Wildman–Crippen LogP) is 5.46. The predicted molar refractivity (Wildman–Crippen MR) is 129 cm³/mol. The van der Waals surface area contributed by atoms with Crippen LogP contribution in [0, 0.1) is 6.92 Å². The summed E-state index contributed by atoms with van der Waals surface area (Å²) in [6.45, 7) is 1.79. The second-order valence-electron chi connectivity index (χ2n) is 8.17. The van der Waals surface area contributed by atoms with Gasteiger partial charge in [-0.25, -0.2) is 4.98 Å². The molecule has 0 saturated heterocycles. The van der Waals surface area contributed by atoms with E-state index in [0.717, 1.165) is 23.1 Å².